The zero-order chi connectivity index (χ0) is 20.2. The molecule has 2 bridgehead atoms. The molecule has 1 heterocycles. The molecule has 3 aliphatic carbocycles. The van der Waals surface area contributed by atoms with Crippen molar-refractivity contribution in [3.63, 3.8) is 0 Å². The molecule has 150 valence electrons. The number of nitrogens with two attached hydrogens (primary N) is 1. The standard InChI is InChI=1S/C19H22F3N5O/c1-27-14(12-4-2-3-5-13(12)19(20,21)22)24-25-16(27)18-9-6-17(7-10-18,8-11-18)15(23)26-28/h2-5,28H,6-11H2,1H3,(H2,23,26). The second kappa shape index (κ2) is 6.22. The third-order valence-corrected chi connectivity index (χ3v) is 6.72. The van der Waals surface area contributed by atoms with E-state index in [4.69, 9.17) is 10.9 Å². The molecular formula is C19H22F3N5O. The Bertz CT molecular complexity index is 909. The first-order valence-corrected chi connectivity index (χ1v) is 9.27. The van der Waals surface area contributed by atoms with Crippen LogP contribution in [0, 0.1) is 5.41 Å². The van der Waals surface area contributed by atoms with Crippen molar-refractivity contribution in [2.45, 2.75) is 50.1 Å². The number of benzene rings is 1. The summed E-state index contributed by atoms with van der Waals surface area (Å²) >= 11 is 0. The van der Waals surface area contributed by atoms with E-state index in [2.05, 4.69) is 15.4 Å². The Hall–Kier alpha value is -2.58. The van der Waals surface area contributed by atoms with E-state index in [-0.39, 0.29) is 28.1 Å². The molecule has 0 radical (unpaired) electrons. The number of oxime groups is 1. The summed E-state index contributed by atoms with van der Waals surface area (Å²) in [4.78, 5) is 0. The van der Waals surface area contributed by atoms with E-state index >= 15 is 0 Å². The Morgan fingerprint density at radius 1 is 1.11 bits per heavy atom. The van der Waals surface area contributed by atoms with Crippen LogP contribution in [-0.2, 0) is 18.6 Å². The summed E-state index contributed by atoms with van der Waals surface area (Å²) in [7, 11) is 1.73. The van der Waals surface area contributed by atoms with Crippen molar-refractivity contribution in [3.8, 4) is 11.4 Å². The molecule has 3 saturated carbocycles. The first kappa shape index (κ1) is 18.8. The number of rotatable bonds is 3. The fourth-order valence-corrected chi connectivity index (χ4v) is 4.96. The average Bonchev–Trinajstić information content (AvgIpc) is 3.10. The molecule has 3 fully saturated rings. The van der Waals surface area contributed by atoms with Gasteiger partial charge in [0.1, 0.15) is 11.7 Å². The average molecular weight is 393 g/mol. The molecule has 1 aromatic heterocycles. The molecule has 2 aromatic rings. The van der Waals surface area contributed by atoms with E-state index in [1.54, 1.807) is 17.7 Å². The highest BCUT2D eigenvalue weighted by atomic mass is 19.4. The van der Waals surface area contributed by atoms with Gasteiger partial charge in [-0.05, 0) is 44.6 Å². The van der Waals surface area contributed by atoms with Crippen LogP contribution in [0.3, 0.4) is 0 Å². The lowest BCUT2D eigenvalue weighted by atomic mass is 9.53. The van der Waals surface area contributed by atoms with Gasteiger partial charge in [-0.1, -0.05) is 23.4 Å². The second-order valence-corrected chi connectivity index (χ2v) is 8.00. The molecular weight excluding hydrogens is 371 g/mol. The van der Waals surface area contributed by atoms with Crippen molar-refractivity contribution in [2.24, 2.45) is 23.4 Å². The van der Waals surface area contributed by atoms with Crippen LogP contribution in [-0.4, -0.2) is 25.8 Å². The molecule has 0 saturated heterocycles. The Balaban J connectivity index is 1.71. The molecule has 0 unspecified atom stereocenters. The number of hydrogen-bond donors (Lipinski definition) is 2. The van der Waals surface area contributed by atoms with Crippen molar-refractivity contribution in [1.82, 2.24) is 14.8 Å². The van der Waals surface area contributed by atoms with Crippen LogP contribution in [0.1, 0.15) is 49.9 Å². The molecule has 0 spiro atoms. The molecule has 0 aliphatic heterocycles. The van der Waals surface area contributed by atoms with Crippen LogP contribution in [0.5, 0.6) is 0 Å². The van der Waals surface area contributed by atoms with Gasteiger partial charge < -0.3 is 15.5 Å². The maximum absolute atomic E-state index is 13.4. The van der Waals surface area contributed by atoms with Gasteiger partial charge in [0, 0.05) is 23.4 Å². The lowest BCUT2D eigenvalue weighted by Gasteiger charge is -2.52. The van der Waals surface area contributed by atoms with Gasteiger partial charge in [-0.2, -0.15) is 13.2 Å². The molecule has 6 nitrogen and oxygen atoms in total. The zero-order valence-electron chi connectivity index (χ0n) is 15.5. The van der Waals surface area contributed by atoms with Crippen molar-refractivity contribution in [3.05, 3.63) is 35.7 Å². The molecule has 9 heteroatoms. The number of fused-ring (bicyclic) bond motifs is 3. The molecule has 0 atom stereocenters. The fraction of sp³-hybridized carbons (Fsp3) is 0.526. The lowest BCUT2D eigenvalue weighted by Crippen LogP contribution is -2.51. The summed E-state index contributed by atoms with van der Waals surface area (Å²) in [5.74, 6) is 1.21. The summed E-state index contributed by atoms with van der Waals surface area (Å²) < 4.78 is 42.0. The van der Waals surface area contributed by atoms with Crippen molar-refractivity contribution < 1.29 is 18.4 Å². The van der Waals surface area contributed by atoms with Crippen LogP contribution >= 0.6 is 0 Å². The summed E-state index contributed by atoms with van der Waals surface area (Å²) in [5.41, 5.74) is 4.74. The van der Waals surface area contributed by atoms with E-state index in [9.17, 15) is 13.2 Å². The van der Waals surface area contributed by atoms with Crippen LogP contribution in [0.25, 0.3) is 11.4 Å². The minimum Gasteiger partial charge on any atom is -0.409 e. The van der Waals surface area contributed by atoms with Crippen LogP contribution < -0.4 is 5.73 Å². The Labute approximate surface area is 160 Å². The van der Waals surface area contributed by atoms with Gasteiger partial charge in [0.15, 0.2) is 5.82 Å². The van der Waals surface area contributed by atoms with E-state index in [1.807, 2.05) is 0 Å². The molecule has 5 rings (SSSR count). The molecule has 3 N–H and O–H groups in total. The lowest BCUT2D eigenvalue weighted by molar-refractivity contribution is -0.137. The van der Waals surface area contributed by atoms with E-state index < -0.39 is 11.7 Å². The predicted molar refractivity (Wildman–Crippen MR) is 96.7 cm³/mol. The van der Waals surface area contributed by atoms with E-state index in [1.165, 1.54) is 12.1 Å². The Morgan fingerprint density at radius 3 is 2.29 bits per heavy atom. The SMILES string of the molecule is Cn1c(-c2ccccc2C(F)(F)F)nnc1C12CCC(/C(N)=N/O)(CC1)CC2. The van der Waals surface area contributed by atoms with Crippen molar-refractivity contribution in [1.29, 1.82) is 0 Å². The summed E-state index contributed by atoms with van der Waals surface area (Å²) in [5, 5.41) is 20.8. The Morgan fingerprint density at radius 2 is 1.71 bits per heavy atom. The van der Waals surface area contributed by atoms with Crippen LogP contribution in [0.15, 0.2) is 29.4 Å². The number of halogens is 3. The number of alkyl halides is 3. The van der Waals surface area contributed by atoms with Gasteiger partial charge in [-0.15, -0.1) is 10.2 Å². The predicted octanol–water partition coefficient (Wildman–Crippen LogP) is 3.84. The van der Waals surface area contributed by atoms with Crippen molar-refractivity contribution in [2.75, 3.05) is 0 Å². The Kier molecular flexibility index (Phi) is 4.17. The minimum absolute atomic E-state index is 0.0327. The summed E-state index contributed by atoms with van der Waals surface area (Å²) in [6, 6.07) is 5.44. The maximum Gasteiger partial charge on any atom is 0.417 e. The first-order chi connectivity index (χ1) is 13.2. The molecule has 0 amide bonds. The van der Waals surface area contributed by atoms with Crippen molar-refractivity contribution >= 4 is 5.84 Å². The summed E-state index contributed by atoms with van der Waals surface area (Å²) in [6.07, 6.45) is 0.207. The fourth-order valence-electron chi connectivity index (χ4n) is 4.96. The van der Waals surface area contributed by atoms with Gasteiger partial charge in [-0.3, -0.25) is 0 Å². The third kappa shape index (κ3) is 2.67. The van der Waals surface area contributed by atoms with E-state index in [0.29, 0.717) is 5.82 Å². The minimum atomic E-state index is -4.46. The number of amidine groups is 1. The highest BCUT2D eigenvalue weighted by Gasteiger charge is 2.53. The second-order valence-electron chi connectivity index (χ2n) is 8.00. The largest absolute Gasteiger partial charge is 0.417 e. The first-order valence-electron chi connectivity index (χ1n) is 9.27. The quantitative estimate of drug-likeness (QED) is 0.359. The van der Waals surface area contributed by atoms with E-state index in [0.717, 1.165) is 44.6 Å². The number of aromatic nitrogens is 3. The zero-order valence-corrected chi connectivity index (χ0v) is 15.5. The smallest absolute Gasteiger partial charge is 0.409 e. The van der Waals surface area contributed by atoms with Gasteiger partial charge >= 0.3 is 6.18 Å². The van der Waals surface area contributed by atoms with Crippen LogP contribution in [0.4, 0.5) is 13.2 Å². The van der Waals surface area contributed by atoms with Gasteiger partial charge in [0.25, 0.3) is 0 Å². The van der Waals surface area contributed by atoms with Gasteiger partial charge in [-0.25, -0.2) is 0 Å². The third-order valence-electron chi connectivity index (χ3n) is 6.72. The van der Waals surface area contributed by atoms with Gasteiger partial charge in [0.2, 0.25) is 0 Å². The topological polar surface area (TPSA) is 89.3 Å². The highest BCUT2D eigenvalue weighted by Crippen LogP contribution is 2.57. The van der Waals surface area contributed by atoms with Gasteiger partial charge in [0.05, 0.1) is 5.56 Å². The molecule has 1 aromatic carbocycles. The maximum atomic E-state index is 13.4. The molecule has 28 heavy (non-hydrogen) atoms. The monoisotopic (exact) mass is 393 g/mol. The number of nitrogens with zero attached hydrogens (tertiary/aromatic N) is 4. The van der Waals surface area contributed by atoms with Crippen LogP contribution in [0.2, 0.25) is 0 Å². The molecule has 3 aliphatic rings. The highest BCUT2D eigenvalue weighted by molar-refractivity contribution is 5.86. The summed E-state index contributed by atoms with van der Waals surface area (Å²) in [6.45, 7) is 0. The normalized spacial score (nSPS) is 27.9. The number of hydrogen-bond acceptors (Lipinski definition) is 4.